The fourth-order valence-electron chi connectivity index (χ4n) is 3.64. The smallest absolute Gasteiger partial charge is 0.252 e. The number of guanidine groups is 1. The van der Waals surface area contributed by atoms with Crippen molar-refractivity contribution in [2.24, 2.45) is 16.5 Å². The second-order valence-corrected chi connectivity index (χ2v) is 10.3. The number of aromatic hydroxyl groups is 1. The lowest BCUT2D eigenvalue weighted by atomic mass is 10.1. The van der Waals surface area contributed by atoms with Crippen molar-refractivity contribution in [2.75, 3.05) is 13.2 Å². The van der Waals surface area contributed by atoms with E-state index >= 15 is 0 Å². The molecule has 1 atom stereocenters. The normalized spacial score (nSPS) is 11.4. The maximum absolute atomic E-state index is 13.2. The van der Waals surface area contributed by atoms with E-state index in [0.29, 0.717) is 29.4 Å². The molecule has 1 aromatic heterocycles. The Balaban J connectivity index is 1.69. The van der Waals surface area contributed by atoms with Gasteiger partial charge < -0.3 is 31.9 Å². The van der Waals surface area contributed by atoms with E-state index in [2.05, 4.69) is 36.5 Å². The highest BCUT2D eigenvalue weighted by molar-refractivity contribution is 9.10. The number of carbonyl (C=O) groups is 2. The fraction of sp³-hybridized carbons (Fsp3) is 0.259. The molecular formula is C27H29BrCl2N6O4. The predicted octanol–water partition coefficient (Wildman–Crippen LogP) is 3.95. The molecule has 0 bridgehead atoms. The molecule has 0 spiro atoms. The Morgan fingerprint density at radius 3 is 2.58 bits per heavy atom. The van der Waals surface area contributed by atoms with Gasteiger partial charge in [-0.3, -0.25) is 19.6 Å². The lowest BCUT2D eigenvalue weighted by molar-refractivity contribution is -0.123. The number of phenols is 1. The Hall–Kier alpha value is -3.54. The van der Waals surface area contributed by atoms with Gasteiger partial charge in [0.15, 0.2) is 5.96 Å². The number of nitrogens with two attached hydrogens (primary N) is 2. The SMILES string of the molecule is NC(N)=NCCC[C@H](NC(=O)c1cc(O)c(Br)c(OCCc2ccc(Cl)cc2Cl)c1)C(=O)NCc1ccncc1. The number of ether oxygens (including phenoxy) is 1. The number of rotatable bonds is 13. The van der Waals surface area contributed by atoms with Crippen LogP contribution in [0.5, 0.6) is 11.5 Å². The van der Waals surface area contributed by atoms with E-state index in [1.807, 2.05) is 0 Å². The molecule has 13 heteroatoms. The standard InChI is InChI=1S/C27H29BrCl2N6O4/c28-24-22(37)12-18(13-23(24)40-11-7-17-3-4-19(29)14-20(17)30)25(38)36-21(2-1-8-34-27(31)32)26(39)35-15-16-5-9-33-10-6-16/h3-6,9-10,12-14,21,37H,1-2,7-8,11,15H2,(H,35,39)(H,36,38)(H4,31,32,34)/t21-/m0/s1. The molecule has 0 saturated carbocycles. The van der Waals surface area contributed by atoms with Crippen molar-refractivity contribution in [2.45, 2.75) is 31.8 Å². The largest absolute Gasteiger partial charge is 0.507 e. The van der Waals surface area contributed by atoms with Crippen LogP contribution in [0.3, 0.4) is 0 Å². The minimum atomic E-state index is -0.884. The number of hydrogen-bond donors (Lipinski definition) is 5. The fourth-order valence-corrected chi connectivity index (χ4v) is 4.49. The lowest BCUT2D eigenvalue weighted by Gasteiger charge is -2.19. The van der Waals surface area contributed by atoms with Crippen LogP contribution in [0.4, 0.5) is 0 Å². The lowest BCUT2D eigenvalue weighted by Crippen LogP contribution is -2.46. The molecule has 1 heterocycles. The molecule has 0 fully saturated rings. The molecular weight excluding hydrogens is 623 g/mol. The first-order chi connectivity index (χ1) is 19.1. The molecule has 0 unspecified atom stereocenters. The van der Waals surface area contributed by atoms with Crippen LogP contribution in [-0.4, -0.2) is 47.1 Å². The molecule has 10 nitrogen and oxygen atoms in total. The Morgan fingerprint density at radius 2 is 1.88 bits per heavy atom. The third-order valence-corrected chi connectivity index (χ3v) is 7.09. The summed E-state index contributed by atoms with van der Waals surface area (Å²) in [6.45, 7) is 0.770. The van der Waals surface area contributed by atoms with Crippen LogP contribution in [0.25, 0.3) is 0 Å². The van der Waals surface area contributed by atoms with Gasteiger partial charge in [0.25, 0.3) is 5.91 Å². The summed E-state index contributed by atoms with van der Waals surface area (Å²) in [5.41, 5.74) is 12.6. The van der Waals surface area contributed by atoms with Gasteiger partial charge in [-0.1, -0.05) is 29.3 Å². The topological polar surface area (TPSA) is 165 Å². The maximum atomic E-state index is 13.2. The van der Waals surface area contributed by atoms with Crippen LogP contribution in [0.1, 0.15) is 34.3 Å². The molecule has 2 aromatic carbocycles. The van der Waals surface area contributed by atoms with Crippen molar-refractivity contribution in [3.63, 3.8) is 0 Å². The van der Waals surface area contributed by atoms with Gasteiger partial charge in [-0.05, 0) is 76.3 Å². The minimum absolute atomic E-state index is 0.0566. The van der Waals surface area contributed by atoms with Crippen molar-refractivity contribution >= 4 is 56.9 Å². The third-order valence-electron chi connectivity index (χ3n) is 5.71. The van der Waals surface area contributed by atoms with Crippen LogP contribution in [0.2, 0.25) is 10.0 Å². The van der Waals surface area contributed by atoms with E-state index in [-0.39, 0.29) is 53.0 Å². The number of amides is 2. The van der Waals surface area contributed by atoms with Gasteiger partial charge in [-0.25, -0.2) is 0 Å². The van der Waals surface area contributed by atoms with Crippen LogP contribution >= 0.6 is 39.1 Å². The van der Waals surface area contributed by atoms with E-state index in [9.17, 15) is 14.7 Å². The molecule has 7 N–H and O–H groups in total. The highest BCUT2D eigenvalue weighted by atomic mass is 79.9. The Bertz CT molecular complexity index is 1360. The van der Waals surface area contributed by atoms with Gasteiger partial charge in [-0.15, -0.1) is 0 Å². The van der Waals surface area contributed by atoms with Crippen molar-refractivity contribution in [3.8, 4) is 11.5 Å². The zero-order valence-corrected chi connectivity index (χ0v) is 24.5. The van der Waals surface area contributed by atoms with Crippen molar-refractivity contribution in [3.05, 3.63) is 86.1 Å². The molecule has 3 aromatic rings. The van der Waals surface area contributed by atoms with Crippen molar-refractivity contribution in [1.82, 2.24) is 15.6 Å². The number of halogens is 3. The highest BCUT2D eigenvalue weighted by Crippen LogP contribution is 2.35. The number of aliphatic imine (C=N–C) groups is 1. The molecule has 0 aliphatic heterocycles. The second kappa shape index (κ2) is 15.3. The number of nitrogens with one attached hydrogen (secondary N) is 2. The summed E-state index contributed by atoms with van der Waals surface area (Å²) in [6.07, 6.45) is 4.44. The van der Waals surface area contributed by atoms with Gasteiger partial charge in [0, 0.05) is 47.5 Å². The summed E-state index contributed by atoms with van der Waals surface area (Å²) in [7, 11) is 0. The first kappa shape index (κ1) is 31.0. The molecule has 212 valence electrons. The summed E-state index contributed by atoms with van der Waals surface area (Å²) in [4.78, 5) is 34.1. The monoisotopic (exact) mass is 650 g/mol. The molecule has 0 radical (unpaired) electrons. The molecule has 0 aliphatic rings. The van der Waals surface area contributed by atoms with Gasteiger partial charge >= 0.3 is 0 Å². The van der Waals surface area contributed by atoms with E-state index < -0.39 is 11.9 Å². The number of pyridine rings is 1. The Morgan fingerprint density at radius 1 is 1.12 bits per heavy atom. The van der Waals surface area contributed by atoms with Crippen LogP contribution in [-0.2, 0) is 17.8 Å². The minimum Gasteiger partial charge on any atom is -0.507 e. The highest BCUT2D eigenvalue weighted by Gasteiger charge is 2.23. The van der Waals surface area contributed by atoms with Crippen LogP contribution < -0.4 is 26.8 Å². The van der Waals surface area contributed by atoms with Crippen molar-refractivity contribution < 1.29 is 19.4 Å². The Kier molecular flexibility index (Phi) is 11.9. The number of phenolic OH excluding ortho intramolecular Hbond substituents is 1. The summed E-state index contributed by atoms with van der Waals surface area (Å²) in [5.74, 6) is -0.953. The van der Waals surface area contributed by atoms with E-state index in [0.717, 1.165) is 11.1 Å². The van der Waals surface area contributed by atoms with Gasteiger partial charge in [0.05, 0.1) is 6.61 Å². The molecule has 2 amide bonds. The number of hydrogen-bond acceptors (Lipinski definition) is 6. The molecule has 0 saturated heterocycles. The van der Waals surface area contributed by atoms with Gasteiger partial charge in [-0.2, -0.15) is 0 Å². The number of carbonyl (C=O) groups excluding carboxylic acids is 2. The Labute approximate surface area is 250 Å². The van der Waals surface area contributed by atoms with Gasteiger partial charge in [0.1, 0.15) is 22.0 Å². The number of aromatic nitrogens is 1. The number of nitrogens with zero attached hydrogens (tertiary/aromatic N) is 2. The zero-order chi connectivity index (χ0) is 29.1. The van der Waals surface area contributed by atoms with E-state index in [1.165, 1.54) is 12.1 Å². The summed E-state index contributed by atoms with van der Waals surface area (Å²) in [5, 5.41) is 17.0. The first-order valence-corrected chi connectivity index (χ1v) is 13.8. The second-order valence-electron chi connectivity index (χ2n) is 8.69. The molecule has 40 heavy (non-hydrogen) atoms. The average Bonchev–Trinajstić information content (AvgIpc) is 2.92. The van der Waals surface area contributed by atoms with E-state index in [1.54, 1.807) is 42.7 Å². The van der Waals surface area contributed by atoms with Crippen molar-refractivity contribution in [1.29, 1.82) is 0 Å². The molecule has 0 aliphatic carbocycles. The van der Waals surface area contributed by atoms with E-state index in [4.69, 9.17) is 39.4 Å². The summed E-state index contributed by atoms with van der Waals surface area (Å²) in [6, 6.07) is 10.6. The summed E-state index contributed by atoms with van der Waals surface area (Å²) >= 11 is 15.5. The maximum Gasteiger partial charge on any atom is 0.252 e. The van der Waals surface area contributed by atoms with Crippen LogP contribution in [0.15, 0.2) is 64.3 Å². The zero-order valence-electron chi connectivity index (χ0n) is 21.4. The average molecular weight is 652 g/mol. The first-order valence-electron chi connectivity index (χ1n) is 12.3. The van der Waals surface area contributed by atoms with Crippen LogP contribution in [0, 0.1) is 0 Å². The third kappa shape index (κ3) is 9.58. The predicted molar refractivity (Wildman–Crippen MR) is 159 cm³/mol. The molecule has 3 rings (SSSR count). The van der Waals surface area contributed by atoms with Gasteiger partial charge in [0.2, 0.25) is 5.91 Å². The summed E-state index contributed by atoms with van der Waals surface area (Å²) < 4.78 is 6.13. The number of benzene rings is 2. The quantitative estimate of drug-likeness (QED) is 0.106.